The van der Waals surface area contributed by atoms with Gasteiger partial charge in [0.25, 0.3) is 0 Å². The van der Waals surface area contributed by atoms with Crippen LogP contribution in [0.25, 0.3) is 0 Å². The molecule has 0 N–H and O–H groups in total. The van der Waals surface area contributed by atoms with Crippen LogP contribution in [-0.4, -0.2) is 13.2 Å². The van der Waals surface area contributed by atoms with Crippen molar-refractivity contribution in [3.8, 4) is 0 Å². The van der Waals surface area contributed by atoms with Gasteiger partial charge in [0.15, 0.2) is 0 Å². The zero-order valence-corrected chi connectivity index (χ0v) is 9.26. The van der Waals surface area contributed by atoms with Crippen molar-refractivity contribution in [1.29, 1.82) is 0 Å². The largest absolute Gasteiger partial charge is 0.381 e. The minimum atomic E-state index is 0.779. The monoisotopic (exact) mass is 172 g/mol. The van der Waals surface area contributed by atoms with Gasteiger partial charge in [-0.15, -0.1) is 0 Å². The second-order valence-corrected chi connectivity index (χ2v) is 3.88. The fraction of sp³-hybridized carbons (Fsp3) is 1.00. The van der Waals surface area contributed by atoms with E-state index in [0.717, 1.165) is 31.0 Å². The van der Waals surface area contributed by atoms with Crippen LogP contribution >= 0.6 is 0 Å². The maximum absolute atomic E-state index is 5.46. The van der Waals surface area contributed by atoms with Gasteiger partial charge in [0, 0.05) is 13.2 Å². The molecule has 0 spiro atoms. The van der Waals surface area contributed by atoms with Crippen molar-refractivity contribution in [1.82, 2.24) is 0 Å². The number of ether oxygens (including phenoxy) is 1. The Labute approximate surface area is 77.5 Å². The summed E-state index contributed by atoms with van der Waals surface area (Å²) >= 11 is 0. The first-order valence-corrected chi connectivity index (χ1v) is 5.28. The highest BCUT2D eigenvalue weighted by molar-refractivity contribution is 4.70. The molecule has 74 valence electrons. The maximum Gasteiger partial charge on any atom is 0.0496 e. The summed E-state index contributed by atoms with van der Waals surface area (Å²) in [5, 5.41) is 0. The molecule has 0 saturated carbocycles. The molecule has 0 aliphatic carbocycles. The van der Waals surface area contributed by atoms with E-state index in [9.17, 15) is 0 Å². The normalized spacial score (nSPS) is 29.5. The summed E-state index contributed by atoms with van der Waals surface area (Å²) in [7, 11) is 0. The van der Waals surface area contributed by atoms with Crippen molar-refractivity contribution >= 4 is 0 Å². The van der Waals surface area contributed by atoms with Gasteiger partial charge in [-0.25, -0.2) is 0 Å². The third kappa shape index (κ3) is 4.10. The molecule has 2 atom stereocenters. The van der Waals surface area contributed by atoms with E-state index < -0.39 is 0 Å². The summed E-state index contributed by atoms with van der Waals surface area (Å²) in [6.07, 6.45) is 1.36. The zero-order valence-electron chi connectivity index (χ0n) is 9.26. The number of rotatable bonds is 1. The van der Waals surface area contributed by atoms with Gasteiger partial charge in [-0.05, 0) is 24.2 Å². The van der Waals surface area contributed by atoms with Gasteiger partial charge >= 0.3 is 0 Å². The molecule has 1 rings (SSSR count). The van der Waals surface area contributed by atoms with Crippen LogP contribution < -0.4 is 0 Å². The SMILES string of the molecule is CC.CC1COCC(C(C)C)C1. The molecule has 0 aromatic carbocycles. The third-order valence-corrected chi connectivity index (χ3v) is 2.38. The first-order chi connectivity index (χ1) is 5.70. The molecular weight excluding hydrogens is 148 g/mol. The minimum absolute atomic E-state index is 0.779. The summed E-state index contributed by atoms with van der Waals surface area (Å²) in [5.41, 5.74) is 0. The fourth-order valence-corrected chi connectivity index (χ4v) is 1.54. The lowest BCUT2D eigenvalue weighted by atomic mass is 9.86. The van der Waals surface area contributed by atoms with Crippen molar-refractivity contribution in [2.75, 3.05) is 13.2 Å². The average Bonchev–Trinajstić information content (AvgIpc) is 2.08. The van der Waals surface area contributed by atoms with Crippen LogP contribution in [0.4, 0.5) is 0 Å². The van der Waals surface area contributed by atoms with Gasteiger partial charge in [-0.2, -0.15) is 0 Å². The molecule has 1 fully saturated rings. The summed E-state index contributed by atoms with van der Waals surface area (Å²) in [6, 6.07) is 0. The highest BCUT2D eigenvalue weighted by Crippen LogP contribution is 2.24. The molecule has 1 aliphatic heterocycles. The second kappa shape index (κ2) is 6.47. The summed E-state index contributed by atoms with van der Waals surface area (Å²) < 4.78 is 5.46. The van der Waals surface area contributed by atoms with Crippen LogP contribution in [0.2, 0.25) is 0 Å². The van der Waals surface area contributed by atoms with Crippen molar-refractivity contribution in [2.24, 2.45) is 17.8 Å². The van der Waals surface area contributed by atoms with Crippen molar-refractivity contribution in [3.63, 3.8) is 0 Å². The summed E-state index contributed by atoms with van der Waals surface area (Å²) in [5.74, 6) is 2.38. The van der Waals surface area contributed by atoms with Crippen LogP contribution in [0.1, 0.15) is 41.0 Å². The molecule has 1 aliphatic rings. The Morgan fingerprint density at radius 1 is 1.17 bits per heavy atom. The predicted molar refractivity (Wildman–Crippen MR) is 54.3 cm³/mol. The van der Waals surface area contributed by atoms with E-state index in [1.807, 2.05) is 13.8 Å². The van der Waals surface area contributed by atoms with Crippen LogP contribution in [0.15, 0.2) is 0 Å². The molecule has 0 amide bonds. The van der Waals surface area contributed by atoms with Crippen LogP contribution in [-0.2, 0) is 4.74 Å². The van der Waals surface area contributed by atoms with E-state index in [0.29, 0.717) is 0 Å². The maximum atomic E-state index is 5.46. The average molecular weight is 172 g/mol. The molecule has 1 heterocycles. The van der Waals surface area contributed by atoms with E-state index in [2.05, 4.69) is 20.8 Å². The number of hydrogen-bond donors (Lipinski definition) is 0. The lowest BCUT2D eigenvalue weighted by molar-refractivity contribution is 0.00532. The van der Waals surface area contributed by atoms with Gasteiger partial charge in [-0.3, -0.25) is 0 Å². The van der Waals surface area contributed by atoms with Crippen molar-refractivity contribution in [3.05, 3.63) is 0 Å². The summed E-state index contributed by atoms with van der Waals surface area (Å²) in [6.45, 7) is 12.8. The smallest absolute Gasteiger partial charge is 0.0496 e. The Morgan fingerprint density at radius 2 is 1.75 bits per heavy atom. The molecule has 0 aromatic rings. The standard InChI is InChI=1S/C9H18O.C2H6/c1-7(2)9-4-8(3)5-10-6-9;1-2/h7-9H,4-6H2,1-3H3;1-2H3. The second-order valence-electron chi connectivity index (χ2n) is 3.88. The Balaban J connectivity index is 0.000000561. The van der Waals surface area contributed by atoms with E-state index in [-0.39, 0.29) is 0 Å². The van der Waals surface area contributed by atoms with E-state index >= 15 is 0 Å². The van der Waals surface area contributed by atoms with Gasteiger partial charge in [0.2, 0.25) is 0 Å². The van der Waals surface area contributed by atoms with Gasteiger partial charge in [-0.1, -0.05) is 34.6 Å². The topological polar surface area (TPSA) is 9.23 Å². The van der Waals surface area contributed by atoms with Gasteiger partial charge in [0.05, 0.1) is 0 Å². The Hall–Kier alpha value is -0.0400. The summed E-state index contributed by atoms with van der Waals surface area (Å²) in [4.78, 5) is 0. The Kier molecular flexibility index (Phi) is 6.45. The van der Waals surface area contributed by atoms with Crippen molar-refractivity contribution in [2.45, 2.75) is 41.0 Å². The predicted octanol–water partition coefficient (Wildman–Crippen LogP) is 3.34. The van der Waals surface area contributed by atoms with Gasteiger partial charge in [0.1, 0.15) is 0 Å². The molecule has 0 bridgehead atoms. The van der Waals surface area contributed by atoms with Crippen LogP contribution in [0.5, 0.6) is 0 Å². The number of hydrogen-bond acceptors (Lipinski definition) is 1. The molecule has 0 aromatic heterocycles. The van der Waals surface area contributed by atoms with E-state index in [4.69, 9.17) is 4.74 Å². The minimum Gasteiger partial charge on any atom is -0.381 e. The van der Waals surface area contributed by atoms with Gasteiger partial charge < -0.3 is 4.74 Å². The Morgan fingerprint density at radius 3 is 2.08 bits per heavy atom. The van der Waals surface area contributed by atoms with Crippen LogP contribution in [0, 0.1) is 17.8 Å². The highest BCUT2D eigenvalue weighted by atomic mass is 16.5. The first kappa shape index (κ1) is 12.0. The van der Waals surface area contributed by atoms with Crippen LogP contribution in [0.3, 0.4) is 0 Å². The molecule has 12 heavy (non-hydrogen) atoms. The molecule has 1 nitrogen and oxygen atoms in total. The first-order valence-electron chi connectivity index (χ1n) is 5.28. The van der Waals surface area contributed by atoms with E-state index in [1.54, 1.807) is 0 Å². The lowest BCUT2D eigenvalue weighted by Gasteiger charge is -2.29. The quantitative estimate of drug-likeness (QED) is 0.589. The molecular formula is C11H24O. The molecule has 1 saturated heterocycles. The van der Waals surface area contributed by atoms with Crippen molar-refractivity contribution < 1.29 is 4.74 Å². The molecule has 2 unspecified atom stereocenters. The highest BCUT2D eigenvalue weighted by Gasteiger charge is 2.21. The fourth-order valence-electron chi connectivity index (χ4n) is 1.54. The molecule has 1 heteroatoms. The van der Waals surface area contributed by atoms with E-state index in [1.165, 1.54) is 6.42 Å². The third-order valence-electron chi connectivity index (χ3n) is 2.38. The Bertz CT molecular complexity index is 99.2. The zero-order chi connectivity index (χ0) is 9.56. The lowest BCUT2D eigenvalue weighted by Crippen LogP contribution is -2.27. The molecule has 0 radical (unpaired) electrons.